The number of nitrogens with zero attached hydrogens (tertiary/aromatic N) is 4. The molecule has 1 aromatic heterocycles. The van der Waals surface area contributed by atoms with Crippen LogP contribution in [0.4, 0.5) is 17.3 Å². The van der Waals surface area contributed by atoms with E-state index in [0.717, 1.165) is 25.2 Å². The number of rotatable bonds is 4. The van der Waals surface area contributed by atoms with E-state index in [0.29, 0.717) is 28.2 Å². The number of ether oxygens (including phenoxy) is 1. The van der Waals surface area contributed by atoms with Gasteiger partial charge < -0.3 is 10.1 Å². The lowest BCUT2D eigenvalue weighted by atomic mass is 9.99. The number of nitrogens with one attached hydrogen (secondary N) is 1. The van der Waals surface area contributed by atoms with Gasteiger partial charge in [-0.25, -0.2) is 4.98 Å². The first-order valence-electron chi connectivity index (χ1n) is 10.3. The molecule has 0 radical (unpaired) electrons. The zero-order chi connectivity index (χ0) is 22.9. The van der Waals surface area contributed by atoms with Gasteiger partial charge in [-0.3, -0.25) is 14.6 Å². The topological polar surface area (TPSA) is 70.6 Å². The summed E-state index contributed by atoms with van der Waals surface area (Å²) in [5.74, 6) is 2.92. The molecule has 166 valence electrons. The third-order valence-electron chi connectivity index (χ3n) is 5.64. The number of hydrogen-bond donors (Lipinski definition) is 1. The molecule has 7 nitrogen and oxygen atoms in total. The van der Waals surface area contributed by atoms with Crippen molar-refractivity contribution in [3.05, 3.63) is 69.3 Å². The molecule has 2 aliphatic heterocycles. The molecule has 9 heteroatoms. The van der Waals surface area contributed by atoms with Crippen molar-refractivity contribution in [2.75, 3.05) is 30.0 Å². The first kappa shape index (κ1) is 21.5. The van der Waals surface area contributed by atoms with Gasteiger partial charge >= 0.3 is 0 Å². The Balaban J connectivity index is 1.34. The zero-order valence-electron chi connectivity index (χ0n) is 17.5. The molecular weight excluding hydrogens is 461 g/mol. The molecular formula is C24H19Cl2N5O2. The standard InChI is InChI=1S/C24H19Cl2N5O2/c1-2-9-30-10-8-15-11-17(7-6-16(15)13-30)28-24-27-12-18-22(29-24)33-14-31(23(18)32)21-19(25)4-3-5-20(21)26/h1,3-7,11-12H,8-10,13-14H2,(H,27,28,29). The van der Waals surface area contributed by atoms with Crippen LogP contribution in [0.25, 0.3) is 0 Å². The van der Waals surface area contributed by atoms with Gasteiger partial charge in [-0.1, -0.05) is 41.3 Å². The summed E-state index contributed by atoms with van der Waals surface area (Å²) in [4.78, 5) is 25.4. The highest BCUT2D eigenvalue weighted by molar-refractivity contribution is 6.40. The van der Waals surface area contributed by atoms with Crippen LogP contribution < -0.4 is 15.0 Å². The Labute approximate surface area is 201 Å². The zero-order valence-corrected chi connectivity index (χ0v) is 19.0. The molecule has 3 heterocycles. The molecule has 0 bridgehead atoms. The molecule has 0 aliphatic carbocycles. The van der Waals surface area contributed by atoms with E-state index in [1.165, 1.54) is 22.2 Å². The Morgan fingerprint density at radius 1 is 1.18 bits per heavy atom. The summed E-state index contributed by atoms with van der Waals surface area (Å²) >= 11 is 12.5. The molecule has 0 atom stereocenters. The highest BCUT2D eigenvalue weighted by atomic mass is 35.5. The number of benzene rings is 2. The SMILES string of the molecule is C#CCN1CCc2cc(Nc3ncc4c(n3)OCN(c3c(Cl)cccc3Cl)C4=O)ccc2C1. The first-order valence-corrected chi connectivity index (χ1v) is 11.1. The van der Waals surface area contributed by atoms with Crippen LogP contribution >= 0.6 is 23.2 Å². The van der Waals surface area contributed by atoms with Gasteiger partial charge in [0.15, 0.2) is 6.73 Å². The first-order chi connectivity index (χ1) is 16.0. The van der Waals surface area contributed by atoms with E-state index >= 15 is 0 Å². The lowest BCUT2D eigenvalue weighted by molar-refractivity contribution is 0.0932. The molecule has 3 aromatic rings. The smallest absolute Gasteiger partial charge is 0.268 e. The van der Waals surface area contributed by atoms with E-state index < -0.39 is 0 Å². The van der Waals surface area contributed by atoms with Crippen LogP contribution in [0.5, 0.6) is 5.88 Å². The van der Waals surface area contributed by atoms with E-state index in [-0.39, 0.29) is 24.1 Å². The predicted molar refractivity (Wildman–Crippen MR) is 128 cm³/mol. The van der Waals surface area contributed by atoms with E-state index in [4.69, 9.17) is 34.4 Å². The van der Waals surface area contributed by atoms with Crippen LogP contribution in [-0.4, -0.2) is 40.6 Å². The number of terminal acetylenes is 1. The summed E-state index contributed by atoms with van der Waals surface area (Å²) in [6.45, 7) is 2.37. The third kappa shape index (κ3) is 4.21. The van der Waals surface area contributed by atoms with Crippen LogP contribution in [0.3, 0.4) is 0 Å². The quantitative estimate of drug-likeness (QED) is 0.554. The van der Waals surface area contributed by atoms with E-state index in [9.17, 15) is 4.79 Å². The maximum absolute atomic E-state index is 13.0. The van der Waals surface area contributed by atoms with E-state index in [1.807, 2.05) is 6.07 Å². The maximum atomic E-state index is 13.0. The van der Waals surface area contributed by atoms with E-state index in [2.05, 4.69) is 38.2 Å². The highest BCUT2D eigenvalue weighted by Gasteiger charge is 2.31. The van der Waals surface area contributed by atoms with Crippen molar-refractivity contribution in [3.8, 4) is 18.2 Å². The van der Waals surface area contributed by atoms with Crippen LogP contribution in [0, 0.1) is 12.3 Å². The Morgan fingerprint density at radius 3 is 2.79 bits per heavy atom. The van der Waals surface area contributed by atoms with Gasteiger partial charge in [0.2, 0.25) is 11.8 Å². The molecule has 2 aromatic carbocycles. The summed E-state index contributed by atoms with van der Waals surface area (Å²) in [6, 6.07) is 11.2. The molecule has 0 spiro atoms. The number of carbonyl (C=O) groups is 1. The van der Waals surface area contributed by atoms with Crippen LogP contribution in [0.1, 0.15) is 21.5 Å². The van der Waals surface area contributed by atoms with Gasteiger partial charge in [-0.05, 0) is 41.8 Å². The Morgan fingerprint density at radius 2 is 2.00 bits per heavy atom. The van der Waals surface area contributed by atoms with Crippen LogP contribution in [0.15, 0.2) is 42.6 Å². The molecule has 0 saturated heterocycles. The van der Waals surface area contributed by atoms with Gasteiger partial charge in [0, 0.05) is 25.0 Å². The van der Waals surface area contributed by atoms with Gasteiger partial charge in [-0.15, -0.1) is 6.42 Å². The number of anilines is 3. The molecule has 1 N–H and O–H groups in total. The molecule has 1 amide bonds. The second-order valence-corrected chi connectivity index (χ2v) is 8.58. The van der Waals surface area contributed by atoms with Crippen molar-refractivity contribution < 1.29 is 9.53 Å². The summed E-state index contributed by atoms with van der Waals surface area (Å²) in [5.41, 5.74) is 4.03. The number of fused-ring (bicyclic) bond motifs is 2. The van der Waals surface area contributed by atoms with Crippen LogP contribution in [-0.2, 0) is 13.0 Å². The Kier molecular flexibility index (Phi) is 5.81. The summed E-state index contributed by atoms with van der Waals surface area (Å²) in [5, 5.41) is 3.92. The molecule has 2 aliphatic rings. The summed E-state index contributed by atoms with van der Waals surface area (Å²) in [6.07, 6.45) is 7.81. The lowest BCUT2D eigenvalue weighted by Crippen LogP contribution is -2.39. The fraction of sp³-hybridized carbons (Fsp3) is 0.208. The number of amides is 1. The number of halogens is 2. The average Bonchev–Trinajstić information content (AvgIpc) is 2.81. The Bertz CT molecular complexity index is 1270. The highest BCUT2D eigenvalue weighted by Crippen LogP contribution is 2.37. The predicted octanol–water partition coefficient (Wildman–Crippen LogP) is 4.52. The molecule has 33 heavy (non-hydrogen) atoms. The number of para-hydroxylation sites is 1. The third-order valence-corrected chi connectivity index (χ3v) is 6.25. The van der Waals surface area contributed by atoms with Crippen molar-refractivity contribution in [1.29, 1.82) is 0 Å². The normalized spacial score (nSPS) is 15.3. The molecule has 0 saturated carbocycles. The van der Waals surface area contributed by atoms with Gasteiger partial charge in [0.1, 0.15) is 5.56 Å². The minimum absolute atomic E-state index is 0.0568. The van der Waals surface area contributed by atoms with Crippen molar-refractivity contribution in [2.24, 2.45) is 0 Å². The van der Waals surface area contributed by atoms with Gasteiger partial charge in [-0.2, -0.15) is 4.98 Å². The Hall–Kier alpha value is -3.31. The van der Waals surface area contributed by atoms with Crippen molar-refractivity contribution in [1.82, 2.24) is 14.9 Å². The van der Waals surface area contributed by atoms with Crippen LogP contribution in [0.2, 0.25) is 10.0 Å². The lowest BCUT2D eigenvalue weighted by Gasteiger charge is -2.29. The fourth-order valence-corrected chi connectivity index (χ4v) is 4.61. The van der Waals surface area contributed by atoms with E-state index in [1.54, 1.807) is 18.2 Å². The number of aromatic nitrogens is 2. The second-order valence-electron chi connectivity index (χ2n) is 7.76. The molecule has 0 fully saturated rings. The fourth-order valence-electron chi connectivity index (χ4n) is 4.01. The molecule has 5 rings (SSSR count). The van der Waals surface area contributed by atoms with Crippen molar-refractivity contribution >= 4 is 46.4 Å². The van der Waals surface area contributed by atoms with Crippen molar-refractivity contribution in [3.63, 3.8) is 0 Å². The average molecular weight is 480 g/mol. The minimum Gasteiger partial charge on any atom is -0.455 e. The summed E-state index contributed by atoms with van der Waals surface area (Å²) in [7, 11) is 0. The number of hydrogen-bond acceptors (Lipinski definition) is 6. The van der Waals surface area contributed by atoms with Gasteiger partial charge in [0.25, 0.3) is 5.91 Å². The summed E-state index contributed by atoms with van der Waals surface area (Å²) < 4.78 is 5.75. The maximum Gasteiger partial charge on any atom is 0.268 e. The van der Waals surface area contributed by atoms with Gasteiger partial charge in [0.05, 0.1) is 22.3 Å². The second kappa shape index (κ2) is 8.91. The largest absolute Gasteiger partial charge is 0.455 e. The number of carbonyl (C=O) groups excluding carboxylic acids is 1. The van der Waals surface area contributed by atoms with Crippen molar-refractivity contribution in [2.45, 2.75) is 13.0 Å². The molecule has 0 unspecified atom stereocenters. The monoisotopic (exact) mass is 479 g/mol. The minimum atomic E-state index is -0.330.